The van der Waals surface area contributed by atoms with E-state index in [1.165, 1.54) is 6.21 Å². The molecule has 6 heteroatoms. The van der Waals surface area contributed by atoms with E-state index in [1.54, 1.807) is 30.5 Å². The van der Waals surface area contributed by atoms with Crippen LogP contribution in [-0.4, -0.2) is 17.1 Å². The Morgan fingerprint density at radius 3 is 2.94 bits per heavy atom. The second-order valence-electron chi connectivity index (χ2n) is 3.06. The lowest BCUT2D eigenvalue weighted by Crippen LogP contribution is -2.18. The van der Waals surface area contributed by atoms with Crippen LogP contribution in [0.1, 0.15) is 16.2 Å². The number of hydrogen-bond acceptors (Lipinski definition) is 4. The van der Waals surface area contributed by atoms with E-state index >= 15 is 0 Å². The number of nitrogens with one attached hydrogen (secondary N) is 1. The van der Waals surface area contributed by atoms with Crippen LogP contribution in [0.5, 0.6) is 0 Å². The van der Waals surface area contributed by atoms with Gasteiger partial charge in [-0.2, -0.15) is 5.10 Å². The molecule has 0 unspecified atom stereocenters. The van der Waals surface area contributed by atoms with E-state index in [2.05, 4.69) is 15.5 Å². The lowest BCUT2D eigenvalue weighted by molar-refractivity contribution is 0.0950. The topological polar surface area (TPSA) is 67.5 Å². The van der Waals surface area contributed by atoms with E-state index < -0.39 is 0 Å². The summed E-state index contributed by atoms with van der Waals surface area (Å²) in [5, 5.41) is 3.77. The van der Waals surface area contributed by atoms with Gasteiger partial charge < -0.3 is 4.42 Å². The second-order valence-corrected chi connectivity index (χ2v) is 4.12. The standard InChI is InChI=1S/C11H8IN3O2/c12-10-5-4-8(17-10)7-14-15-11(16)9-3-1-2-6-13-9/h1-7H,(H,15,16). The van der Waals surface area contributed by atoms with Gasteiger partial charge in [0, 0.05) is 6.20 Å². The molecule has 0 bridgehead atoms. The average Bonchev–Trinajstić information content (AvgIpc) is 2.76. The van der Waals surface area contributed by atoms with Gasteiger partial charge in [-0.25, -0.2) is 5.43 Å². The van der Waals surface area contributed by atoms with Crippen molar-refractivity contribution in [3.05, 3.63) is 51.7 Å². The van der Waals surface area contributed by atoms with Crippen molar-refractivity contribution in [2.45, 2.75) is 0 Å². The normalized spacial score (nSPS) is 10.6. The molecule has 0 aromatic carbocycles. The molecular formula is C11H8IN3O2. The summed E-state index contributed by atoms with van der Waals surface area (Å²) in [5.41, 5.74) is 2.68. The third kappa shape index (κ3) is 3.38. The number of amides is 1. The molecule has 2 aromatic rings. The summed E-state index contributed by atoms with van der Waals surface area (Å²) in [6.45, 7) is 0. The van der Waals surface area contributed by atoms with Crippen LogP contribution in [0.25, 0.3) is 0 Å². The molecule has 0 saturated heterocycles. The summed E-state index contributed by atoms with van der Waals surface area (Å²) < 4.78 is 6.01. The van der Waals surface area contributed by atoms with Crippen LogP contribution in [0, 0.1) is 3.77 Å². The van der Waals surface area contributed by atoms with Gasteiger partial charge >= 0.3 is 0 Å². The molecule has 1 N–H and O–H groups in total. The highest BCUT2D eigenvalue weighted by Gasteiger charge is 2.03. The maximum absolute atomic E-state index is 11.5. The molecule has 2 aromatic heterocycles. The number of hydrogen-bond donors (Lipinski definition) is 1. The van der Waals surface area contributed by atoms with Crippen molar-refractivity contribution in [2.24, 2.45) is 5.10 Å². The number of carbonyl (C=O) groups excluding carboxylic acids is 1. The third-order valence-electron chi connectivity index (χ3n) is 1.85. The molecule has 5 nitrogen and oxygen atoms in total. The minimum atomic E-state index is -0.358. The fourth-order valence-corrected chi connectivity index (χ4v) is 1.54. The van der Waals surface area contributed by atoms with Crippen LogP contribution in [0.2, 0.25) is 0 Å². The summed E-state index contributed by atoms with van der Waals surface area (Å²) in [6, 6.07) is 8.66. The van der Waals surface area contributed by atoms with Crippen LogP contribution < -0.4 is 5.43 Å². The summed E-state index contributed by atoms with van der Waals surface area (Å²) in [7, 11) is 0. The Balaban J connectivity index is 1.95. The first-order valence-electron chi connectivity index (χ1n) is 4.75. The molecule has 0 aliphatic heterocycles. The van der Waals surface area contributed by atoms with Gasteiger partial charge in [0.05, 0.1) is 6.21 Å². The number of pyridine rings is 1. The van der Waals surface area contributed by atoms with Crippen LogP contribution >= 0.6 is 22.6 Å². The van der Waals surface area contributed by atoms with Gasteiger partial charge in [0.25, 0.3) is 5.91 Å². The van der Waals surface area contributed by atoms with Gasteiger partial charge in [0.15, 0.2) is 3.77 Å². The largest absolute Gasteiger partial charge is 0.449 e. The van der Waals surface area contributed by atoms with Gasteiger partial charge in [-0.15, -0.1) is 0 Å². The number of nitrogens with zero attached hydrogens (tertiary/aromatic N) is 2. The number of hydrazone groups is 1. The highest BCUT2D eigenvalue weighted by molar-refractivity contribution is 14.1. The number of aromatic nitrogens is 1. The Kier molecular flexibility index (Phi) is 3.86. The molecule has 0 spiro atoms. The van der Waals surface area contributed by atoms with Gasteiger partial charge in [-0.05, 0) is 46.9 Å². The maximum atomic E-state index is 11.5. The fourth-order valence-electron chi connectivity index (χ4n) is 1.11. The highest BCUT2D eigenvalue weighted by Crippen LogP contribution is 2.07. The summed E-state index contributed by atoms with van der Waals surface area (Å²) in [5.74, 6) is 0.221. The Labute approximate surface area is 111 Å². The fraction of sp³-hybridized carbons (Fsp3) is 0. The molecule has 0 aliphatic rings. The quantitative estimate of drug-likeness (QED) is 0.528. The van der Waals surface area contributed by atoms with Crippen molar-refractivity contribution in [2.75, 3.05) is 0 Å². The van der Waals surface area contributed by atoms with Crippen LogP contribution in [0.3, 0.4) is 0 Å². The van der Waals surface area contributed by atoms with Crippen molar-refractivity contribution in [1.82, 2.24) is 10.4 Å². The summed E-state index contributed by atoms with van der Waals surface area (Å²) >= 11 is 2.05. The molecule has 0 saturated carbocycles. The lowest BCUT2D eigenvalue weighted by atomic mass is 10.3. The van der Waals surface area contributed by atoms with Gasteiger partial charge in [-0.3, -0.25) is 9.78 Å². The van der Waals surface area contributed by atoms with Crippen molar-refractivity contribution >= 4 is 34.7 Å². The smallest absolute Gasteiger partial charge is 0.289 e. The van der Waals surface area contributed by atoms with Crippen molar-refractivity contribution in [3.63, 3.8) is 0 Å². The monoisotopic (exact) mass is 341 g/mol. The predicted molar refractivity (Wildman–Crippen MR) is 70.7 cm³/mol. The minimum absolute atomic E-state index is 0.318. The van der Waals surface area contributed by atoms with Crippen molar-refractivity contribution in [3.8, 4) is 0 Å². The minimum Gasteiger partial charge on any atom is -0.449 e. The van der Waals surface area contributed by atoms with Crippen molar-refractivity contribution < 1.29 is 9.21 Å². The van der Waals surface area contributed by atoms with E-state index in [-0.39, 0.29) is 5.91 Å². The lowest BCUT2D eigenvalue weighted by Gasteiger charge is -1.96. The molecule has 17 heavy (non-hydrogen) atoms. The highest BCUT2D eigenvalue weighted by atomic mass is 127. The number of rotatable bonds is 3. The van der Waals surface area contributed by atoms with E-state index in [0.717, 1.165) is 3.77 Å². The van der Waals surface area contributed by atoms with Crippen LogP contribution in [0.4, 0.5) is 0 Å². The third-order valence-corrected chi connectivity index (χ3v) is 2.43. The molecule has 2 rings (SSSR count). The molecule has 0 aliphatic carbocycles. The van der Waals surface area contributed by atoms with E-state index in [4.69, 9.17) is 4.42 Å². The van der Waals surface area contributed by atoms with Gasteiger partial charge in [0.1, 0.15) is 11.5 Å². The molecule has 0 atom stereocenters. The van der Waals surface area contributed by atoms with Gasteiger partial charge in [-0.1, -0.05) is 6.07 Å². The SMILES string of the molecule is O=C(NN=Cc1ccc(I)o1)c1ccccn1. The summed E-state index contributed by atoms with van der Waals surface area (Å²) in [6.07, 6.45) is 2.98. The zero-order chi connectivity index (χ0) is 12.1. The molecular weight excluding hydrogens is 333 g/mol. The Morgan fingerprint density at radius 1 is 1.41 bits per heavy atom. The summed E-state index contributed by atoms with van der Waals surface area (Å²) in [4.78, 5) is 15.4. The first kappa shape index (κ1) is 11.8. The van der Waals surface area contributed by atoms with Crippen LogP contribution in [-0.2, 0) is 0 Å². The zero-order valence-corrected chi connectivity index (χ0v) is 10.8. The van der Waals surface area contributed by atoms with E-state index in [9.17, 15) is 4.79 Å². The van der Waals surface area contributed by atoms with E-state index in [1.807, 2.05) is 28.7 Å². The predicted octanol–water partition coefficient (Wildman–Crippen LogP) is 2.04. The Morgan fingerprint density at radius 2 is 2.29 bits per heavy atom. The Hall–Kier alpha value is -1.70. The number of halogens is 1. The Bertz CT molecular complexity index is 537. The first-order valence-corrected chi connectivity index (χ1v) is 5.83. The molecule has 1 amide bonds. The van der Waals surface area contributed by atoms with Crippen LogP contribution in [0.15, 0.2) is 46.0 Å². The number of carbonyl (C=O) groups is 1. The zero-order valence-electron chi connectivity index (χ0n) is 8.63. The average molecular weight is 341 g/mol. The first-order chi connectivity index (χ1) is 8.25. The molecule has 2 heterocycles. The van der Waals surface area contributed by atoms with E-state index in [0.29, 0.717) is 11.5 Å². The van der Waals surface area contributed by atoms with Gasteiger partial charge in [0.2, 0.25) is 0 Å². The van der Waals surface area contributed by atoms with Crippen molar-refractivity contribution in [1.29, 1.82) is 0 Å². The second kappa shape index (κ2) is 5.58. The number of furan rings is 1. The molecule has 0 radical (unpaired) electrons. The maximum Gasteiger partial charge on any atom is 0.289 e. The molecule has 86 valence electrons. The molecule has 0 fully saturated rings.